The van der Waals surface area contributed by atoms with Crippen molar-refractivity contribution in [3.05, 3.63) is 94.5 Å². The second kappa shape index (κ2) is 11.5. The van der Waals surface area contributed by atoms with Crippen LogP contribution in [0.2, 0.25) is 0 Å². The standard InChI is InChI=1S/C35H38N2O4/c1-22-10-12-24(13-11-22)34(39)37-17-16-29-28(25-8-5-9-26(18-25)35(40)41)15-14-27(32(29)21-37)20-36-33(38)31-19-30(31)23-6-3-2-4-7-23/h2-9,14-15,18,22,24,30-31H,10-13,16-17,19-21H2,1H3,(H,36,38)(H,40,41)/t22?,24?,30-,31-/m0/s1. The van der Waals surface area contributed by atoms with Crippen molar-refractivity contribution in [2.75, 3.05) is 6.54 Å². The lowest BCUT2D eigenvalue weighted by molar-refractivity contribution is -0.137. The highest BCUT2D eigenvalue weighted by atomic mass is 16.4. The highest BCUT2D eigenvalue weighted by molar-refractivity contribution is 5.90. The largest absolute Gasteiger partial charge is 0.478 e. The predicted octanol–water partition coefficient (Wildman–Crippen LogP) is 6.18. The Morgan fingerprint density at radius 3 is 2.46 bits per heavy atom. The Hall–Kier alpha value is -3.93. The molecule has 0 spiro atoms. The minimum Gasteiger partial charge on any atom is -0.478 e. The molecule has 6 nitrogen and oxygen atoms in total. The molecule has 2 N–H and O–H groups in total. The van der Waals surface area contributed by atoms with Crippen LogP contribution in [0.4, 0.5) is 0 Å². The summed E-state index contributed by atoms with van der Waals surface area (Å²) in [6, 6.07) is 21.3. The van der Waals surface area contributed by atoms with Gasteiger partial charge in [-0.3, -0.25) is 9.59 Å². The number of hydrogen-bond donors (Lipinski definition) is 2. The molecule has 3 aliphatic rings. The molecule has 41 heavy (non-hydrogen) atoms. The number of carboxylic acids is 1. The van der Waals surface area contributed by atoms with Crippen molar-refractivity contribution >= 4 is 17.8 Å². The summed E-state index contributed by atoms with van der Waals surface area (Å²) in [6.07, 6.45) is 5.70. The van der Waals surface area contributed by atoms with Gasteiger partial charge >= 0.3 is 5.97 Å². The van der Waals surface area contributed by atoms with Crippen LogP contribution in [0.5, 0.6) is 0 Å². The van der Waals surface area contributed by atoms with E-state index in [1.807, 2.05) is 41.3 Å². The van der Waals surface area contributed by atoms with Crippen LogP contribution in [-0.2, 0) is 29.1 Å². The molecule has 0 saturated heterocycles. The second-order valence-electron chi connectivity index (χ2n) is 12.2. The van der Waals surface area contributed by atoms with Crippen molar-refractivity contribution in [2.45, 2.75) is 64.5 Å². The number of aromatic carboxylic acids is 1. The number of benzene rings is 3. The van der Waals surface area contributed by atoms with E-state index in [2.05, 4.69) is 24.4 Å². The molecule has 1 aliphatic heterocycles. The number of amides is 2. The zero-order chi connectivity index (χ0) is 28.5. The maximum atomic E-state index is 13.6. The Morgan fingerprint density at radius 2 is 1.71 bits per heavy atom. The summed E-state index contributed by atoms with van der Waals surface area (Å²) < 4.78 is 0. The maximum Gasteiger partial charge on any atom is 0.335 e. The van der Waals surface area contributed by atoms with Crippen molar-refractivity contribution in [3.63, 3.8) is 0 Å². The first-order chi connectivity index (χ1) is 19.9. The highest BCUT2D eigenvalue weighted by Gasteiger charge is 2.43. The zero-order valence-electron chi connectivity index (χ0n) is 23.6. The summed E-state index contributed by atoms with van der Waals surface area (Å²) in [4.78, 5) is 40.3. The quantitative estimate of drug-likeness (QED) is 0.368. The SMILES string of the molecule is CC1CCC(C(=O)N2CCc3c(-c4cccc(C(=O)O)c4)ccc(CNC(=O)[C@H]4C[C@H]4c4ccccc4)c3C2)CC1. The molecule has 0 unspecified atom stereocenters. The van der Waals surface area contributed by atoms with Crippen molar-refractivity contribution in [1.82, 2.24) is 10.2 Å². The summed E-state index contributed by atoms with van der Waals surface area (Å²) >= 11 is 0. The molecule has 0 radical (unpaired) electrons. The first-order valence-electron chi connectivity index (χ1n) is 15.0. The number of carbonyl (C=O) groups is 3. The molecule has 2 saturated carbocycles. The monoisotopic (exact) mass is 550 g/mol. The summed E-state index contributed by atoms with van der Waals surface area (Å²) in [5.41, 5.74) is 6.59. The third-order valence-electron chi connectivity index (χ3n) is 9.41. The average Bonchev–Trinajstić information content (AvgIpc) is 3.81. The zero-order valence-corrected chi connectivity index (χ0v) is 23.6. The van der Waals surface area contributed by atoms with Gasteiger partial charge in [0.2, 0.25) is 11.8 Å². The van der Waals surface area contributed by atoms with Crippen LogP contribution in [-0.4, -0.2) is 34.3 Å². The number of rotatable bonds is 7. The fraction of sp³-hybridized carbons (Fsp3) is 0.400. The molecule has 0 bridgehead atoms. The van der Waals surface area contributed by atoms with Gasteiger partial charge in [0.1, 0.15) is 0 Å². The minimum atomic E-state index is -0.951. The van der Waals surface area contributed by atoms with E-state index in [9.17, 15) is 19.5 Å². The van der Waals surface area contributed by atoms with Crippen LogP contribution in [0, 0.1) is 17.8 Å². The van der Waals surface area contributed by atoms with E-state index in [1.165, 1.54) is 5.56 Å². The fourth-order valence-electron chi connectivity index (χ4n) is 6.82. The van der Waals surface area contributed by atoms with Gasteiger partial charge in [0.25, 0.3) is 0 Å². The van der Waals surface area contributed by atoms with Crippen LogP contribution < -0.4 is 5.32 Å². The normalized spacial score (nSPS) is 23.4. The maximum absolute atomic E-state index is 13.6. The molecule has 1 heterocycles. The number of nitrogens with zero attached hydrogens (tertiary/aromatic N) is 1. The van der Waals surface area contributed by atoms with Crippen LogP contribution >= 0.6 is 0 Å². The van der Waals surface area contributed by atoms with Crippen LogP contribution in [0.25, 0.3) is 11.1 Å². The number of carbonyl (C=O) groups excluding carboxylic acids is 2. The lowest BCUT2D eigenvalue weighted by atomic mass is 9.81. The average molecular weight is 551 g/mol. The van der Waals surface area contributed by atoms with Crippen LogP contribution in [0.1, 0.15) is 77.6 Å². The summed E-state index contributed by atoms with van der Waals surface area (Å²) in [5.74, 6) is 0.431. The van der Waals surface area contributed by atoms with Gasteiger partial charge in [0.15, 0.2) is 0 Å². The molecule has 212 valence electrons. The van der Waals surface area contributed by atoms with Gasteiger partial charge in [-0.05, 0) is 95.9 Å². The van der Waals surface area contributed by atoms with Gasteiger partial charge in [0.05, 0.1) is 5.56 Å². The molecular formula is C35H38N2O4. The van der Waals surface area contributed by atoms with Gasteiger partial charge < -0.3 is 15.3 Å². The van der Waals surface area contributed by atoms with Crippen molar-refractivity contribution in [2.24, 2.45) is 17.8 Å². The van der Waals surface area contributed by atoms with Crippen molar-refractivity contribution in [1.29, 1.82) is 0 Å². The lowest BCUT2D eigenvalue weighted by Gasteiger charge is -2.36. The first kappa shape index (κ1) is 27.3. The molecule has 3 aromatic carbocycles. The molecule has 6 rings (SSSR count). The summed E-state index contributed by atoms with van der Waals surface area (Å²) in [6.45, 7) is 3.86. The fourth-order valence-corrected chi connectivity index (χ4v) is 6.82. The van der Waals surface area contributed by atoms with Crippen molar-refractivity contribution in [3.8, 4) is 11.1 Å². The number of nitrogens with one attached hydrogen (secondary N) is 1. The Morgan fingerprint density at radius 1 is 0.927 bits per heavy atom. The number of fused-ring (bicyclic) bond motifs is 1. The highest BCUT2D eigenvalue weighted by Crippen LogP contribution is 2.47. The molecule has 2 aliphatic carbocycles. The Labute approximate surface area is 241 Å². The van der Waals surface area contributed by atoms with E-state index in [0.29, 0.717) is 32.0 Å². The van der Waals surface area contributed by atoms with E-state index < -0.39 is 5.97 Å². The second-order valence-corrected chi connectivity index (χ2v) is 12.2. The van der Waals surface area contributed by atoms with E-state index in [1.54, 1.807) is 18.2 Å². The topological polar surface area (TPSA) is 86.7 Å². The Kier molecular flexibility index (Phi) is 7.65. The summed E-state index contributed by atoms with van der Waals surface area (Å²) in [7, 11) is 0. The third-order valence-corrected chi connectivity index (χ3v) is 9.41. The third kappa shape index (κ3) is 5.79. The molecule has 2 fully saturated rings. The molecule has 2 amide bonds. The summed E-state index contributed by atoms with van der Waals surface area (Å²) in [5, 5.41) is 12.7. The molecule has 6 heteroatoms. The molecule has 0 aromatic heterocycles. The van der Waals surface area contributed by atoms with Gasteiger partial charge in [-0.25, -0.2) is 4.79 Å². The van der Waals surface area contributed by atoms with Crippen LogP contribution in [0.3, 0.4) is 0 Å². The van der Waals surface area contributed by atoms with E-state index in [4.69, 9.17) is 0 Å². The number of hydrogen-bond acceptors (Lipinski definition) is 3. The smallest absolute Gasteiger partial charge is 0.335 e. The molecule has 3 aromatic rings. The number of carboxylic acid groups (broad SMARTS) is 1. The lowest BCUT2D eigenvalue weighted by Crippen LogP contribution is -2.41. The minimum absolute atomic E-state index is 0.00183. The predicted molar refractivity (Wildman–Crippen MR) is 158 cm³/mol. The molecule has 2 atom stereocenters. The van der Waals surface area contributed by atoms with Gasteiger partial charge in [-0.15, -0.1) is 0 Å². The van der Waals surface area contributed by atoms with E-state index >= 15 is 0 Å². The van der Waals surface area contributed by atoms with Gasteiger partial charge in [-0.2, -0.15) is 0 Å². The van der Waals surface area contributed by atoms with Crippen LogP contribution in [0.15, 0.2) is 66.7 Å². The Bertz CT molecular complexity index is 1460. The van der Waals surface area contributed by atoms with Gasteiger partial charge in [0, 0.05) is 31.5 Å². The van der Waals surface area contributed by atoms with Gasteiger partial charge in [-0.1, -0.05) is 61.5 Å². The van der Waals surface area contributed by atoms with Crippen molar-refractivity contribution < 1.29 is 19.5 Å². The first-order valence-corrected chi connectivity index (χ1v) is 15.0. The Balaban J connectivity index is 1.25. The van der Waals surface area contributed by atoms with E-state index in [0.717, 1.165) is 59.9 Å². The van der Waals surface area contributed by atoms with E-state index in [-0.39, 0.29) is 35.1 Å². The molecular weight excluding hydrogens is 512 g/mol.